The van der Waals surface area contributed by atoms with Crippen molar-refractivity contribution in [1.29, 1.82) is 0 Å². The molecule has 1 aromatic heterocycles. The maximum Gasteiger partial charge on any atom is 0.322 e. The molecule has 2 saturated heterocycles. The van der Waals surface area contributed by atoms with Crippen LogP contribution in [-0.2, 0) is 11.2 Å². The van der Waals surface area contributed by atoms with Crippen molar-refractivity contribution in [3.8, 4) is 0 Å². The number of piperidine rings is 2. The van der Waals surface area contributed by atoms with Gasteiger partial charge in [0.25, 0.3) is 5.91 Å². The van der Waals surface area contributed by atoms with Gasteiger partial charge in [0.15, 0.2) is 5.13 Å². The van der Waals surface area contributed by atoms with Gasteiger partial charge < -0.3 is 24.8 Å². The molecule has 3 aliphatic heterocycles. The molecule has 0 bridgehead atoms. The van der Waals surface area contributed by atoms with Crippen molar-refractivity contribution in [3.05, 3.63) is 40.4 Å². The zero-order chi connectivity index (χ0) is 24.4. The van der Waals surface area contributed by atoms with Crippen molar-refractivity contribution in [2.24, 2.45) is 5.92 Å². The minimum absolute atomic E-state index is 0.000292. The molecule has 188 valence electrons. The molecule has 1 N–H and O–H groups in total. The summed E-state index contributed by atoms with van der Waals surface area (Å²) in [7, 11) is 1.72. The van der Waals surface area contributed by atoms with Crippen LogP contribution in [0.4, 0.5) is 15.6 Å². The number of nitrogens with zero attached hydrogens (tertiary/aromatic N) is 4. The molecule has 0 aliphatic carbocycles. The first-order valence-electron chi connectivity index (χ1n) is 12.7. The zero-order valence-corrected chi connectivity index (χ0v) is 21.5. The molecule has 1 unspecified atom stereocenters. The van der Waals surface area contributed by atoms with Crippen LogP contribution in [0.2, 0.25) is 0 Å². The summed E-state index contributed by atoms with van der Waals surface area (Å²) in [6.07, 6.45) is 4.80. The van der Waals surface area contributed by atoms with Crippen LogP contribution in [0.15, 0.2) is 24.3 Å². The number of aryl methyl sites for hydroxylation is 1. The number of hydrogen-bond donors (Lipinski definition) is 1. The molecule has 8 nitrogen and oxygen atoms in total. The van der Waals surface area contributed by atoms with Crippen molar-refractivity contribution in [2.45, 2.75) is 45.1 Å². The third-order valence-electron chi connectivity index (χ3n) is 7.51. The molecule has 3 aliphatic rings. The van der Waals surface area contributed by atoms with Gasteiger partial charge in [-0.1, -0.05) is 29.5 Å². The van der Waals surface area contributed by atoms with E-state index in [-0.39, 0.29) is 18.0 Å². The number of anilines is 2. The van der Waals surface area contributed by atoms with E-state index >= 15 is 0 Å². The fraction of sp³-hybridized carbons (Fsp3) is 0.577. The number of carbonyl (C=O) groups excluding carboxylic acids is 2. The minimum Gasteiger partial charge on any atom is -0.384 e. The molecule has 5 rings (SSSR count). The van der Waals surface area contributed by atoms with Crippen LogP contribution in [-0.4, -0.2) is 79.2 Å². The molecule has 4 heterocycles. The molecule has 35 heavy (non-hydrogen) atoms. The van der Waals surface area contributed by atoms with E-state index in [0.29, 0.717) is 12.5 Å². The first-order valence-corrected chi connectivity index (χ1v) is 13.5. The molecule has 2 fully saturated rings. The van der Waals surface area contributed by atoms with E-state index in [1.807, 2.05) is 34.9 Å². The van der Waals surface area contributed by atoms with Crippen molar-refractivity contribution in [2.75, 3.05) is 56.7 Å². The standard InChI is InChI=1S/C26H35N5O3S/c1-18-23(24(32)30-12-5-6-19(16-30)17-34-2)35-26(27-18)29-13-10-21(11-14-29)31-15-9-20-7-3-4-8-22(20)28-25(31)33/h3-4,7-8,19,21H,5-6,9-17H2,1-2H3,(H,28,33). The fourth-order valence-corrected chi connectivity index (χ4v) is 6.67. The van der Waals surface area contributed by atoms with Gasteiger partial charge in [-0.05, 0) is 56.6 Å². The summed E-state index contributed by atoms with van der Waals surface area (Å²) in [5.41, 5.74) is 2.93. The van der Waals surface area contributed by atoms with Gasteiger partial charge in [-0.15, -0.1) is 0 Å². The Kier molecular flexibility index (Phi) is 7.24. The summed E-state index contributed by atoms with van der Waals surface area (Å²) in [5.74, 6) is 0.510. The molecule has 0 spiro atoms. The Balaban J connectivity index is 1.20. The predicted octanol–water partition coefficient (Wildman–Crippen LogP) is 4.01. The number of benzene rings is 1. The Morgan fingerprint density at radius 3 is 2.77 bits per heavy atom. The molecular formula is C26H35N5O3S. The van der Waals surface area contributed by atoms with E-state index in [1.54, 1.807) is 7.11 Å². The van der Waals surface area contributed by atoms with Crippen LogP contribution in [0.5, 0.6) is 0 Å². The SMILES string of the molecule is COCC1CCCN(C(=O)c2sc(N3CCC(N4CCc5ccccc5NC4=O)CC3)nc2C)C1. The molecular weight excluding hydrogens is 462 g/mol. The summed E-state index contributed by atoms with van der Waals surface area (Å²) < 4.78 is 5.32. The molecule has 0 radical (unpaired) electrons. The predicted molar refractivity (Wildman–Crippen MR) is 138 cm³/mol. The fourth-order valence-electron chi connectivity index (χ4n) is 5.59. The smallest absolute Gasteiger partial charge is 0.322 e. The minimum atomic E-state index is -0.000292. The van der Waals surface area contributed by atoms with Crippen LogP contribution < -0.4 is 10.2 Å². The molecule has 2 aromatic rings. The highest BCUT2D eigenvalue weighted by Crippen LogP contribution is 2.32. The number of para-hydroxylation sites is 1. The lowest BCUT2D eigenvalue weighted by atomic mass is 9.99. The number of amides is 3. The van der Waals surface area contributed by atoms with E-state index in [2.05, 4.69) is 16.3 Å². The van der Waals surface area contributed by atoms with Gasteiger partial charge >= 0.3 is 6.03 Å². The number of likely N-dealkylation sites (tertiary alicyclic amines) is 1. The first kappa shape index (κ1) is 24.1. The molecule has 9 heteroatoms. The number of urea groups is 1. The van der Waals surface area contributed by atoms with E-state index in [0.717, 1.165) is 86.2 Å². The Bertz CT molecular complexity index is 1060. The Morgan fingerprint density at radius 1 is 1.17 bits per heavy atom. The zero-order valence-electron chi connectivity index (χ0n) is 20.7. The third kappa shape index (κ3) is 5.16. The summed E-state index contributed by atoms with van der Waals surface area (Å²) in [6.45, 7) is 6.61. The summed E-state index contributed by atoms with van der Waals surface area (Å²) in [4.78, 5) is 38.0. The number of ether oxygens (including phenoxy) is 1. The number of carbonyl (C=O) groups is 2. The highest BCUT2D eigenvalue weighted by molar-refractivity contribution is 7.17. The normalized spacial score (nSPS) is 21.5. The molecule has 1 aromatic carbocycles. The summed E-state index contributed by atoms with van der Waals surface area (Å²) in [6, 6.07) is 8.27. The second-order valence-corrected chi connectivity index (χ2v) is 10.9. The van der Waals surface area contributed by atoms with E-state index in [1.165, 1.54) is 16.9 Å². The number of nitrogens with one attached hydrogen (secondary N) is 1. The monoisotopic (exact) mass is 497 g/mol. The van der Waals surface area contributed by atoms with Crippen LogP contribution in [0.25, 0.3) is 0 Å². The molecule has 1 atom stereocenters. The van der Waals surface area contributed by atoms with Crippen LogP contribution in [0.1, 0.15) is 46.6 Å². The summed E-state index contributed by atoms with van der Waals surface area (Å²) in [5, 5.41) is 4.01. The Labute approximate surface area is 211 Å². The highest BCUT2D eigenvalue weighted by atomic mass is 32.1. The lowest BCUT2D eigenvalue weighted by molar-refractivity contribution is 0.0574. The maximum atomic E-state index is 13.3. The number of rotatable bonds is 5. The largest absolute Gasteiger partial charge is 0.384 e. The van der Waals surface area contributed by atoms with E-state index in [9.17, 15) is 9.59 Å². The van der Waals surface area contributed by atoms with Crippen molar-refractivity contribution >= 4 is 34.1 Å². The average Bonchev–Trinajstić information content (AvgIpc) is 3.18. The summed E-state index contributed by atoms with van der Waals surface area (Å²) >= 11 is 1.51. The van der Waals surface area contributed by atoms with Gasteiger partial charge in [-0.2, -0.15) is 0 Å². The van der Waals surface area contributed by atoms with Crippen LogP contribution >= 0.6 is 11.3 Å². The van der Waals surface area contributed by atoms with Crippen molar-refractivity contribution in [1.82, 2.24) is 14.8 Å². The van der Waals surface area contributed by atoms with Gasteiger partial charge in [0, 0.05) is 51.6 Å². The quantitative estimate of drug-likeness (QED) is 0.675. The van der Waals surface area contributed by atoms with Crippen molar-refractivity contribution < 1.29 is 14.3 Å². The Hall–Kier alpha value is -2.65. The van der Waals surface area contributed by atoms with Crippen LogP contribution in [0, 0.1) is 12.8 Å². The second kappa shape index (κ2) is 10.5. The number of thiazole rings is 1. The Morgan fingerprint density at radius 2 is 1.97 bits per heavy atom. The van der Waals surface area contributed by atoms with Gasteiger partial charge in [-0.25, -0.2) is 9.78 Å². The topological polar surface area (TPSA) is 78.0 Å². The van der Waals surface area contributed by atoms with Gasteiger partial charge in [-0.3, -0.25) is 4.79 Å². The average molecular weight is 498 g/mol. The lowest BCUT2D eigenvalue weighted by Crippen LogP contribution is -2.48. The molecule has 3 amide bonds. The first-order chi connectivity index (χ1) is 17.0. The highest BCUT2D eigenvalue weighted by Gasteiger charge is 2.32. The van der Waals surface area contributed by atoms with Gasteiger partial charge in [0.2, 0.25) is 0 Å². The second-order valence-electron chi connectivity index (χ2n) is 9.87. The van der Waals surface area contributed by atoms with E-state index in [4.69, 9.17) is 9.72 Å². The van der Waals surface area contributed by atoms with E-state index < -0.39 is 0 Å². The lowest BCUT2D eigenvalue weighted by Gasteiger charge is -2.37. The number of fused-ring (bicyclic) bond motifs is 1. The number of methoxy groups -OCH3 is 1. The maximum absolute atomic E-state index is 13.3. The third-order valence-corrected chi connectivity index (χ3v) is 8.71. The van der Waals surface area contributed by atoms with Gasteiger partial charge in [0.1, 0.15) is 4.88 Å². The molecule has 0 saturated carbocycles. The number of aromatic nitrogens is 1. The van der Waals surface area contributed by atoms with Crippen LogP contribution in [0.3, 0.4) is 0 Å². The van der Waals surface area contributed by atoms with Crippen molar-refractivity contribution in [3.63, 3.8) is 0 Å². The van der Waals surface area contributed by atoms with Gasteiger partial charge in [0.05, 0.1) is 12.3 Å². The number of hydrogen-bond acceptors (Lipinski definition) is 6.